The van der Waals surface area contributed by atoms with Gasteiger partial charge in [0.15, 0.2) is 0 Å². The fourth-order valence-corrected chi connectivity index (χ4v) is 2.08. The lowest BCUT2D eigenvalue weighted by atomic mass is 10.0. The van der Waals surface area contributed by atoms with Crippen LogP contribution in [-0.4, -0.2) is 19.6 Å². The lowest BCUT2D eigenvalue weighted by Gasteiger charge is -2.17. The zero-order valence-electron chi connectivity index (χ0n) is 12.7. The zero-order valence-corrected chi connectivity index (χ0v) is 12.7. The molecular formula is C16H26N2O2. The van der Waals surface area contributed by atoms with Gasteiger partial charge in [-0.1, -0.05) is 33.1 Å². The predicted octanol–water partition coefficient (Wildman–Crippen LogP) is 3.57. The minimum absolute atomic E-state index is 0.0178. The van der Waals surface area contributed by atoms with E-state index >= 15 is 0 Å². The molecule has 1 aromatic carbocycles. The van der Waals surface area contributed by atoms with Gasteiger partial charge in [0.1, 0.15) is 17.3 Å². The molecule has 0 aromatic heterocycles. The molecule has 0 saturated carbocycles. The van der Waals surface area contributed by atoms with E-state index in [-0.39, 0.29) is 5.84 Å². The van der Waals surface area contributed by atoms with Gasteiger partial charge in [-0.05, 0) is 24.5 Å². The predicted molar refractivity (Wildman–Crippen MR) is 82.8 cm³/mol. The Labute approximate surface area is 121 Å². The van der Waals surface area contributed by atoms with Crippen LogP contribution in [-0.2, 0) is 0 Å². The summed E-state index contributed by atoms with van der Waals surface area (Å²) >= 11 is 0. The van der Waals surface area contributed by atoms with Crippen LogP contribution in [0.3, 0.4) is 0 Å². The van der Waals surface area contributed by atoms with Crippen LogP contribution in [0.5, 0.6) is 11.5 Å². The van der Waals surface area contributed by atoms with Crippen molar-refractivity contribution in [3.63, 3.8) is 0 Å². The first-order valence-corrected chi connectivity index (χ1v) is 7.27. The highest BCUT2D eigenvalue weighted by Gasteiger charge is 2.12. The monoisotopic (exact) mass is 278 g/mol. The number of nitrogen functional groups attached to an aromatic ring is 1. The topological polar surface area (TPSA) is 68.3 Å². The summed E-state index contributed by atoms with van der Waals surface area (Å²) in [5.74, 6) is 1.91. The van der Waals surface area contributed by atoms with Gasteiger partial charge in [0.25, 0.3) is 0 Å². The van der Waals surface area contributed by atoms with Crippen molar-refractivity contribution < 1.29 is 9.47 Å². The number of unbranched alkanes of at least 4 members (excludes halogenated alkanes) is 1. The second-order valence-electron chi connectivity index (χ2n) is 5.00. The summed E-state index contributed by atoms with van der Waals surface area (Å²) in [5, 5.41) is 7.60. The molecule has 20 heavy (non-hydrogen) atoms. The average Bonchev–Trinajstić information content (AvgIpc) is 2.47. The summed E-state index contributed by atoms with van der Waals surface area (Å²) in [6, 6.07) is 5.35. The Balaban J connectivity index is 2.76. The largest absolute Gasteiger partial charge is 0.497 e. The normalized spacial score (nSPS) is 11.9. The summed E-state index contributed by atoms with van der Waals surface area (Å²) in [6.45, 7) is 5.04. The van der Waals surface area contributed by atoms with Crippen molar-refractivity contribution in [1.82, 2.24) is 0 Å². The van der Waals surface area contributed by atoms with Gasteiger partial charge >= 0.3 is 0 Å². The van der Waals surface area contributed by atoms with Gasteiger partial charge in [-0.2, -0.15) is 0 Å². The molecule has 0 bridgehead atoms. The molecule has 0 aliphatic rings. The van der Waals surface area contributed by atoms with Crippen LogP contribution in [0, 0.1) is 11.3 Å². The maximum absolute atomic E-state index is 7.60. The van der Waals surface area contributed by atoms with Gasteiger partial charge in [0, 0.05) is 6.07 Å². The van der Waals surface area contributed by atoms with Crippen molar-refractivity contribution in [2.75, 3.05) is 13.7 Å². The molecule has 1 aromatic rings. The van der Waals surface area contributed by atoms with Gasteiger partial charge in [-0.15, -0.1) is 0 Å². The highest BCUT2D eigenvalue weighted by atomic mass is 16.5. The van der Waals surface area contributed by atoms with Crippen molar-refractivity contribution in [3.05, 3.63) is 23.8 Å². The van der Waals surface area contributed by atoms with Crippen LogP contribution in [0.2, 0.25) is 0 Å². The van der Waals surface area contributed by atoms with Gasteiger partial charge in [0.05, 0.1) is 19.3 Å². The quantitative estimate of drug-likeness (QED) is 0.536. The van der Waals surface area contributed by atoms with E-state index in [4.69, 9.17) is 20.6 Å². The molecule has 4 nitrogen and oxygen atoms in total. The molecule has 0 spiro atoms. The lowest BCUT2D eigenvalue weighted by Crippen LogP contribution is -2.16. The standard InChI is InChI=1S/C16H26N2O2/c1-4-6-7-12(5-2)11-20-15-10-13(19-3)8-9-14(15)16(17)18/h8-10,12H,4-7,11H2,1-3H3,(H3,17,18). The summed E-state index contributed by atoms with van der Waals surface area (Å²) in [7, 11) is 1.61. The van der Waals surface area contributed by atoms with E-state index in [9.17, 15) is 0 Å². The summed E-state index contributed by atoms with van der Waals surface area (Å²) in [5.41, 5.74) is 6.21. The highest BCUT2D eigenvalue weighted by molar-refractivity contribution is 5.97. The van der Waals surface area contributed by atoms with E-state index in [1.54, 1.807) is 25.3 Å². The Hall–Kier alpha value is -1.71. The number of benzene rings is 1. The van der Waals surface area contributed by atoms with Crippen LogP contribution in [0.25, 0.3) is 0 Å². The minimum atomic E-state index is 0.0178. The molecular weight excluding hydrogens is 252 g/mol. The molecule has 4 heteroatoms. The van der Waals surface area contributed by atoms with Crippen molar-refractivity contribution in [3.8, 4) is 11.5 Å². The molecule has 0 radical (unpaired) electrons. The number of nitrogens with two attached hydrogens (primary N) is 1. The number of methoxy groups -OCH3 is 1. The van der Waals surface area contributed by atoms with Crippen LogP contribution in [0.1, 0.15) is 45.1 Å². The van der Waals surface area contributed by atoms with Crippen molar-refractivity contribution >= 4 is 5.84 Å². The second-order valence-corrected chi connectivity index (χ2v) is 5.00. The van der Waals surface area contributed by atoms with Crippen LogP contribution in [0.15, 0.2) is 18.2 Å². The molecule has 0 heterocycles. The fraction of sp³-hybridized carbons (Fsp3) is 0.562. The van der Waals surface area contributed by atoms with Crippen molar-refractivity contribution in [2.24, 2.45) is 11.7 Å². The Kier molecular flexibility index (Phi) is 6.91. The Morgan fingerprint density at radius 2 is 2.10 bits per heavy atom. The minimum Gasteiger partial charge on any atom is -0.497 e. The molecule has 1 rings (SSSR count). The van der Waals surface area contributed by atoms with E-state index in [0.29, 0.717) is 29.6 Å². The first-order valence-electron chi connectivity index (χ1n) is 7.27. The molecule has 0 fully saturated rings. The third-order valence-corrected chi connectivity index (χ3v) is 3.50. The molecule has 0 saturated heterocycles. The average molecular weight is 278 g/mol. The summed E-state index contributed by atoms with van der Waals surface area (Å²) in [4.78, 5) is 0. The smallest absolute Gasteiger partial charge is 0.133 e. The number of ether oxygens (including phenoxy) is 2. The third kappa shape index (κ3) is 4.76. The first kappa shape index (κ1) is 16.3. The highest BCUT2D eigenvalue weighted by Crippen LogP contribution is 2.26. The second kappa shape index (κ2) is 8.46. The Morgan fingerprint density at radius 3 is 2.65 bits per heavy atom. The van der Waals surface area contributed by atoms with Crippen molar-refractivity contribution in [2.45, 2.75) is 39.5 Å². The maximum Gasteiger partial charge on any atom is 0.133 e. The summed E-state index contributed by atoms with van der Waals surface area (Å²) in [6.07, 6.45) is 4.69. The molecule has 0 aliphatic carbocycles. The van der Waals surface area contributed by atoms with E-state index in [2.05, 4.69) is 13.8 Å². The number of rotatable bonds is 9. The molecule has 0 amide bonds. The van der Waals surface area contributed by atoms with Crippen LogP contribution in [0.4, 0.5) is 0 Å². The number of hydrogen-bond donors (Lipinski definition) is 2. The van der Waals surface area contributed by atoms with Gasteiger partial charge < -0.3 is 15.2 Å². The van der Waals surface area contributed by atoms with E-state index < -0.39 is 0 Å². The maximum atomic E-state index is 7.60. The molecule has 112 valence electrons. The number of hydrogen-bond acceptors (Lipinski definition) is 3. The SMILES string of the molecule is CCCCC(CC)COc1cc(OC)ccc1C(=N)N. The van der Waals surface area contributed by atoms with Gasteiger partial charge in [-0.3, -0.25) is 5.41 Å². The van der Waals surface area contributed by atoms with E-state index in [1.165, 1.54) is 19.3 Å². The van der Waals surface area contributed by atoms with Gasteiger partial charge in [0.2, 0.25) is 0 Å². The molecule has 1 atom stereocenters. The van der Waals surface area contributed by atoms with Crippen molar-refractivity contribution in [1.29, 1.82) is 5.41 Å². The number of nitrogens with one attached hydrogen (secondary N) is 1. The molecule has 3 N–H and O–H groups in total. The lowest BCUT2D eigenvalue weighted by molar-refractivity contribution is 0.232. The Bertz CT molecular complexity index is 432. The van der Waals surface area contributed by atoms with E-state index in [1.807, 2.05) is 0 Å². The molecule has 1 unspecified atom stereocenters. The van der Waals surface area contributed by atoms with E-state index in [0.717, 1.165) is 6.42 Å². The van der Waals surface area contributed by atoms with Crippen LogP contribution < -0.4 is 15.2 Å². The van der Waals surface area contributed by atoms with Crippen LogP contribution >= 0.6 is 0 Å². The zero-order chi connectivity index (χ0) is 15.0. The van der Waals surface area contributed by atoms with Gasteiger partial charge in [-0.25, -0.2) is 0 Å². The third-order valence-electron chi connectivity index (χ3n) is 3.50. The fourth-order valence-electron chi connectivity index (χ4n) is 2.08. The molecule has 0 aliphatic heterocycles. The first-order chi connectivity index (χ1) is 9.62. The summed E-state index contributed by atoms with van der Waals surface area (Å²) < 4.78 is 11.1. The Morgan fingerprint density at radius 1 is 1.35 bits per heavy atom. The number of amidine groups is 1.